The van der Waals surface area contributed by atoms with Crippen molar-refractivity contribution in [2.75, 3.05) is 108 Å². The van der Waals surface area contributed by atoms with Gasteiger partial charge in [-0.2, -0.15) is 4.98 Å². The van der Waals surface area contributed by atoms with Crippen molar-refractivity contribution in [3.63, 3.8) is 0 Å². The van der Waals surface area contributed by atoms with Crippen LogP contribution in [0.2, 0.25) is 0 Å². The maximum Gasteiger partial charge on any atom is 0.426 e. The predicted molar refractivity (Wildman–Crippen MR) is 502 cm³/mol. The monoisotopic (exact) mass is 2010 g/mol. The fourth-order valence-electron chi connectivity index (χ4n) is 21.2. The lowest BCUT2D eigenvalue weighted by Gasteiger charge is -2.63. The highest BCUT2D eigenvalue weighted by atomic mass is 33.1. The number of hydrazine groups is 1. The van der Waals surface area contributed by atoms with Gasteiger partial charge in [-0.3, -0.25) is 68.2 Å². The van der Waals surface area contributed by atoms with Crippen LogP contribution in [0.1, 0.15) is 123 Å². The molecule has 2 bridgehead atoms. The van der Waals surface area contributed by atoms with E-state index in [1.165, 1.54) is 44.7 Å². The van der Waals surface area contributed by atoms with E-state index < -0.39 is 271 Å². The van der Waals surface area contributed by atoms with Gasteiger partial charge in [0.25, 0.3) is 17.4 Å². The number of methoxy groups -OCH3 is 2. The minimum absolute atomic E-state index is 0.00764. The maximum atomic E-state index is 15.7. The van der Waals surface area contributed by atoms with Crippen molar-refractivity contribution in [2.24, 2.45) is 29.1 Å². The van der Waals surface area contributed by atoms with Gasteiger partial charge in [0, 0.05) is 132 Å². The number of H-pyrrole nitrogens is 2. The second kappa shape index (κ2) is 45.7. The molecule has 141 heavy (non-hydrogen) atoms. The third-order valence-corrected chi connectivity index (χ3v) is 30.9. The summed E-state index contributed by atoms with van der Waals surface area (Å²) < 4.78 is 17.8. The molecular weight excluding hydrogens is 1890 g/mol. The van der Waals surface area contributed by atoms with E-state index in [1.807, 2.05) is 61.6 Å². The zero-order valence-electron chi connectivity index (χ0n) is 78.0. The number of rotatable bonds is 46. The normalized spacial score (nSPS) is 25.5. The van der Waals surface area contributed by atoms with E-state index >= 15 is 9.59 Å². The summed E-state index contributed by atoms with van der Waals surface area (Å²) in [7, 11) is 6.16. The Bertz CT molecular complexity index is 5690. The maximum absolute atomic E-state index is 15.7. The summed E-state index contributed by atoms with van der Waals surface area (Å²) in [6, 6.07) is 8.81. The molecule has 3 aromatic carbocycles. The number of benzene rings is 3. The molecule has 5 aliphatic heterocycles. The number of aliphatic carboxylic acids is 2. The Kier molecular flexibility index (Phi) is 35.2. The summed E-state index contributed by atoms with van der Waals surface area (Å²) in [5.74, 6) is -20.4. The highest BCUT2D eigenvalue weighted by molar-refractivity contribution is 8.76. The number of amides is 5. The smallest absolute Gasteiger partial charge is 0.426 e. The molecule has 0 radical (unpaired) electrons. The number of nitrogens with two attached hydrogens (primary N) is 1. The van der Waals surface area contributed by atoms with Gasteiger partial charge in [-0.1, -0.05) is 65.8 Å². The number of aromatic nitrogens is 5. The number of carboxylic acid groups (broad SMARTS) is 2. The number of esters is 1. The first-order valence-corrected chi connectivity index (χ1v) is 48.5. The molecule has 3 aromatic heterocycles. The number of ether oxygens (including phenoxy) is 3. The van der Waals surface area contributed by atoms with Gasteiger partial charge in [-0.05, 0) is 112 Å². The van der Waals surface area contributed by atoms with E-state index in [2.05, 4.69) is 61.5 Å². The molecule has 1 spiro atoms. The Balaban J connectivity index is 0.685. The molecule has 6 aromatic rings. The SMILES string of the molecule is CC[C@]1(O)C[C@H]2CN(CCc3c([nH]c4ccccc34)[C@@](C(=O)OC)(c3cc4c(cc3OC)N(C)[C@H]3[C@@](O)(C(=O)NNC(=O)OCCSSC[C@H](CC(=O)[C@@H](NC(=O)[C@@H](CC(=O)[C@H](C)NC(=O)[C@@H](CC(=O)CC[C@H](NC(=O)c5ccc(NCc6cnc7nc(N)[nH]c(=O)c7n6)cc5)C(=O)O)[C@@H](O)[C@H](O)[C@H](O)CO)[C@@H](O)[C@H](O)[C@H](O)CO)[C@@H](O)[C@H](O)[C@H](O)CO)C(=O)O)[C@H](O)[C@]5(CC)C=CCN6CC[C@]43[C@@H]65)C2)C1. The summed E-state index contributed by atoms with van der Waals surface area (Å²) in [5.41, 5.74) is 5.79. The van der Waals surface area contributed by atoms with E-state index in [1.54, 1.807) is 18.0 Å². The number of likely N-dealkylation sites (N-methyl/N-ethyl adjacent to an activating group) is 1. The van der Waals surface area contributed by atoms with Gasteiger partial charge in [0.2, 0.25) is 17.8 Å². The van der Waals surface area contributed by atoms with Gasteiger partial charge in [-0.15, -0.1) is 0 Å². The molecule has 770 valence electrons. The highest BCUT2D eigenvalue weighted by Gasteiger charge is 2.79. The number of nitrogens with one attached hydrogen (secondary N) is 8. The molecule has 8 heterocycles. The number of fused-ring (bicyclic) bond motifs is 7. The van der Waals surface area contributed by atoms with Crippen LogP contribution >= 0.6 is 21.6 Å². The Morgan fingerprint density at radius 3 is 2.02 bits per heavy atom. The number of piperidine rings is 1. The lowest BCUT2D eigenvalue weighted by Crippen LogP contribution is -2.82. The third kappa shape index (κ3) is 22.2. The van der Waals surface area contributed by atoms with Crippen LogP contribution in [0.4, 0.5) is 22.1 Å². The van der Waals surface area contributed by atoms with Gasteiger partial charge >= 0.3 is 24.0 Å². The third-order valence-electron chi connectivity index (χ3n) is 28.4. The first kappa shape index (κ1) is 109. The summed E-state index contributed by atoms with van der Waals surface area (Å²) in [5, 5.41) is 197. The molecule has 1 unspecified atom stereocenters. The van der Waals surface area contributed by atoms with Crippen LogP contribution in [-0.2, 0) is 76.4 Å². The van der Waals surface area contributed by atoms with Crippen molar-refractivity contribution >= 4 is 126 Å². The fourth-order valence-corrected chi connectivity index (χ4v) is 23.3. The number of carboxylic acids is 2. The zero-order chi connectivity index (χ0) is 103. The van der Waals surface area contributed by atoms with E-state index in [0.717, 1.165) is 45.0 Å². The van der Waals surface area contributed by atoms with Crippen molar-refractivity contribution in [3.8, 4) is 5.75 Å². The number of hydrogen-bond acceptors (Lipinski definition) is 40. The number of hydrogen-bond donors (Lipinski definition) is 26. The van der Waals surface area contributed by atoms with Gasteiger partial charge in [0.1, 0.15) is 84.5 Å². The Hall–Kier alpha value is -11.0. The Morgan fingerprint density at radius 1 is 0.723 bits per heavy atom. The van der Waals surface area contributed by atoms with Crippen LogP contribution in [0.15, 0.2) is 83.8 Å². The Labute approximate surface area is 814 Å². The van der Waals surface area contributed by atoms with Crippen molar-refractivity contribution in [1.82, 2.24) is 61.5 Å². The number of aromatic amines is 2. The predicted octanol–water partition coefficient (Wildman–Crippen LogP) is -4.70. The van der Waals surface area contributed by atoms with Crippen molar-refractivity contribution in [3.05, 3.63) is 123 Å². The van der Waals surface area contributed by atoms with Crippen LogP contribution in [0.3, 0.4) is 0 Å². The zero-order valence-corrected chi connectivity index (χ0v) is 79.7. The molecule has 5 amide bonds. The minimum atomic E-state index is -2.79. The van der Waals surface area contributed by atoms with Gasteiger partial charge < -0.3 is 138 Å². The van der Waals surface area contributed by atoms with Crippen LogP contribution in [0.5, 0.6) is 5.75 Å². The fraction of sp³-hybridized carbons (Fsp3) is 0.576. The van der Waals surface area contributed by atoms with Gasteiger partial charge in [-0.25, -0.2) is 25.0 Å². The van der Waals surface area contributed by atoms with Crippen LogP contribution < -0.4 is 53.0 Å². The standard InChI is InChI=1S/C92H123N15O32S2/c1-7-88(135)33-44-34-91(85(133)138-6,73-51(20-24-106(37-44)42-88)50-12-9-10-13-56(50)98-73)55-31-54-58(32-64(55)137-5)105(4)82-90(54)22-25-107-23-11-21-89(8-2,81(90)107)83(131)92(82,136)84(132)103-104-87(134)139-26-27-140-141-41-46(79(127)128)28-60(113)65(72(122)71(121)63(116)40-110)100-77(125)53(68(118)70(120)62(115)39-109)30-59(112)43(3)96-76(124)52(67(117)69(119)61(114)38-108)29-49(111)18-19-57(80(129)130)99-75(123)45-14-16-47(17-15-45)94-35-48-36-95-74-66(97-48)78(126)102-86(93)101-74/h9-17,21,31-32,36,43-44,46,52-53,57,61-63,65,67-72,81-83,94,98,108-110,114-122,131,135-136H,7-8,18-20,22-30,33-35,37-42H2,1-6H3,(H,96,124)(H,99,123)(H,100,125)(H,103,132)(H,104,134)(H,127,128)(H,129,130)(H3,93,95,101,102,126)/t43-,44+,46-,52-,53-,57-,61+,62+,63+,65+,67+,68+,69+,70+,71+,72+,81-,82+,83+,88-,89+,90+,91-,92-/m0/s1. The molecule has 1 aliphatic carbocycles. The molecule has 47 nitrogen and oxygen atoms in total. The molecule has 12 rings (SSSR count). The number of nitrogens with zero attached hydrogens (tertiary/aromatic N) is 6. The van der Waals surface area contributed by atoms with E-state index in [4.69, 9.17) is 19.9 Å². The molecule has 49 heteroatoms. The van der Waals surface area contributed by atoms with E-state index in [-0.39, 0.29) is 59.5 Å². The lowest BCUT2D eigenvalue weighted by molar-refractivity contribution is -0.204. The van der Waals surface area contributed by atoms with Crippen LogP contribution in [0.25, 0.3) is 22.1 Å². The van der Waals surface area contributed by atoms with Crippen LogP contribution in [0, 0.1) is 29.1 Å². The summed E-state index contributed by atoms with van der Waals surface area (Å²) in [4.78, 5) is 192. The molecule has 25 atom stereocenters. The molecule has 27 N–H and O–H groups in total. The second-order valence-electron chi connectivity index (χ2n) is 37.0. The molecular formula is C92H123N15O32S2. The highest BCUT2D eigenvalue weighted by Crippen LogP contribution is 2.68. The Morgan fingerprint density at radius 2 is 1.38 bits per heavy atom. The number of Topliss-reactive ketones (excluding diaryl/α,β-unsaturated/α-hetero) is 3. The van der Waals surface area contributed by atoms with Crippen molar-refractivity contribution < 1.29 is 154 Å². The number of nitrogen functional groups attached to an aromatic ring is 1. The topological polar surface area (TPSA) is 755 Å². The number of aliphatic hydroxyl groups is 15. The van der Waals surface area contributed by atoms with Gasteiger partial charge in [0.15, 0.2) is 28.3 Å². The summed E-state index contributed by atoms with van der Waals surface area (Å²) in [6.45, 7) is 2.86. The number of carbonyl (C=O) groups excluding carboxylic acids is 9. The molecule has 2 saturated heterocycles. The number of anilines is 3. The van der Waals surface area contributed by atoms with Crippen molar-refractivity contribution in [2.45, 2.75) is 211 Å². The quantitative estimate of drug-likeness (QED) is 0.00561. The van der Waals surface area contributed by atoms with Crippen LogP contribution in [-0.4, -0.2) is 381 Å². The first-order chi connectivity index (χ1) is 66.9. The lowest BCUT2D eigenvalue weighted by atomic mass is 9.47. The number of para-hydroxylation sites is 1. The van der Waals surface area contributed by atoms with E-state index in [9.17, 15) is 135 Å². The number of carbonyl (C=O) groups is 11. The minimum Gasteiger partial charge on any atom is -0.496 e. The van der Waals surface area contributed by atoms with E-state index in [0.29, 0.717) is 92.3 Å². The summed E-state index contributed by atoms with van der Waals surface area (Å²) in [6.07, 6.45) is -23.4. The number of aliphatic hydroxyl groups excluding tert-OH is 13. The average molecular weight is 2020 g/mol. The molecule has 6 aliphatic rings. The van der Waals surface area contributed by atoms with Gasteiger partial charge in [0.05, 0.1) is 100 Å². The molecule has 1 saturated carbocycles. The largest absolute Gasteiger partial charge is 0.496 e. The number of ketones is 3. The first-order valence-electron chi connectivity index (χ1n) is 46.1. The summed E-state index contributed by atoms with van der Waals surface area (Å²) >= 11 is 0. The molecule has 3 fully saturated rings. The second-order valence-corrected chi connectivity index (χ2v) is 39.6. The van der Waals surface area contributed by atoms with Crippen molar-refractivity contribution in [1.29, 1.82) is 0 Å². The average Bonchev–Trinajstić information content (AvgIpc) is 1.48.